The normalized spacial score (nSPS) is 14.8. The van der Waals surface area contributed by atoms with Gasteiger partial charge in [0.2, 0.25) is 0 Å². The molecule has 5 heteroatoms. The van der Waals surface area contributed by atoms with Crippen molar-refractivity contribution in [2.24, 2.45) is 0 Å². The molecule has 1 N–H and O–H groups in total. The summed E-state index contributed by atoms with van der Waals surface area (Å²) < 4.78 is 6.18. The van der Waals surface area contributed by atoms with E-state index in [9.17, 15) is 4.79 Å². The number of hydrogen-bond acceptors (Lipinski definition) is 3. The van der Waals surface area contributed by atoms with Gasteiger partial charge < -0.3 is 10.1 Å². The molecule has 28 heavy (non-hydrogen) atoms. The fourth-order valence-corrected chi connectivity index (χ4v) is 4.17. The lowest BCUT2D eigenvalue weighted by atomic mass is 9.95. The first-order valence-electron chi connectivity index (χ1n) is 9.69. The Hall–Kier alpha value is -2.40. The zero-order chi connectivity index (χ0) is 19.5. The number of hydrogen-bond donors (Lipinski definition) is 1. The lowest BCUT2D eigenvalue weighted by Gasteiger charge is -2.23. The van der Waals surface area contributed by atoms with Crippen molar-refractivity contribution in [3.05, 3.63) is 58.6 Å². The molecular formula is C23H23BrN2O2. The highest BCUT2D eigenvalue weighted by molar-refractivity contribution is 9.10. The van der Waals surface area contributed by atoms with Crippen LogP contribution in [0.3, 0.4) is 0 Å². The SMILES string of the molecule is COc1ccc(-c2cc(C(=O)NC3CCCCC3)c3cc(Br)ccc3n2)cc1. The minimum absolute atomic E-state index is 0.0211. The molecule has 0 aliphatic heterocycles. The largest absolute Gasteiger partial charge is 0.497 e. The van der Waals surface area contributed by atoms with E-state index >= 15 is 0 Å². The van der Waals surface area contributed by atoms with E-state index in [0.29, 0.717) is 5.56 Å². The monoisotopic (exact) mass is 438 g/mol. The molecule has 3 aromatic rings. The van der Waals surface area contributed by atoms with E-state index in [-0.39, 0.29) is 11.9 Å². The zero-order valence-corrected chi connectivity index (χ0v) is 17.5. The molecule has 1 aliphatic rings. The quantitative estimate of drug-likeness (QED) is 0.565. The van der Waals surface area contributed by atoms with Gasteiger partial charge in [0, 0.05) is 21.5 Å². The number of halogens is 1. The summed E-state index contributed by atoms with van der Waals surface area (Å²) in [6.45, 7) is 0. The van der Waals surface area contributed by atoms with Crippen LogP contribution >= 0.6 is 15.9 Å². The molecule has 1 heterocycles. The Labute approximate surface area is 173 Å². The van der Waals surface area contributed by atoms with Gasteiger partial charge in [-0.25, -0.2) is 4.98 Å². The van der Waals surface area contributed by atoms with Gasteiger partial charge in [-0.1, -0.05) is 35.2 Å². The van der Waals surface area contributed by atoms with Crippen LogP contribution in [0.2, 0.25) is 0 Å². The fourth-order valence-electron chi connectivity index (χ4n) is 3.81. The number of aromatic nitrogens is 1. The third-order valence-corrected chi connectivity index (χ3v) is 5.83. The molecule has 4 rings (SSSR count). The van der Waals surface area contributed by atoms with E-state index in [1.807, 2.05) is 48.5 Å². The maximum Gasteiger partial charge on any atom is 0.252 e. The molecule has 0 spiro atoms. The Balaban J connectivity index is 1.75. The predicted octanol–water partition coefficient (Wildman–Crippen LogP) is 5.74. The summed E-state index contributed by atoms with van der Waals surface area (Å²) in [7, 11) is 1.65. The first-order valence-corrected chi connectivity index (χ1v) is 10.5. The molecule has 2 aromatic carbocycles. The van der Waals surface area contributed by atoms with E-state index in [2.05, 4.69) is 21.2 Å². The van der Waals surface area contributed by atoms with Crippen molar-refractivity contribution in [3.8, 4) is 17.0 Å². The van der Waals surface area contributed by atoms with E-state index in [1.165, 1.54) is 19.3 Å². The van der Waals surface area contributed by atoms with Crippen LogP contribution in [0.1, 0.15) is 42.5 Å². The number of rotatable bonds is 4. The molecular weight excluding hydrogens is 416 g/mol. The lowest BCUT2D eigenvalue weighted by molar-refractivity contribution is 0.0929. The Morgan fingerprint density at radius 3 is 2.54 bits per heavy atom. The van der Waals surface area contributed by atoms with Crippen LogP contribution in [0.15, 0.2) is 53.0 Å². The van der Waals surface area contributed by atoms with Crippen molar-refractivity contribution in [1.29, 1.82) is 0 Å². The number of carbonyl (C=O) groups is 1. The highest BCUT2D eigenvalue weighted by Gasteiger charge is 2.19. The minimum atomic E-state index is -0.0211. The Bertz CT molecular complexity index is 995. The summed E-state index contributed by atoms with van der Waals surface area (Å²) in [5.74, 6) is 0.774. The summed E-state index contributed by atoms with van der Waals surface area (Å²) in [5, 5.41) is 4.10. The van der Waals surface area contributed by atoms with Gasteiger partial charge in [-0.15, -0.1) is 0 Å². The van der Waals surface area contributed by atoms with E-state index in [0.717, 1.165) is 45.2 Å². The van der Waals surface area contributed by atoms with Crippen LogP contribution in [-0.4, -0.2) is 24.0 Å². The molecule has 1 aliphatic carbocycles. The molecule has 144 valence electrons. The smallest absolute Gasteiger partial charge is 0.252 e. The number of methoxy groups -OCH3 is 1. The average Bonchev–Trinajstić information content (AvgIpc) is 2.73. The van der Waals surface area contributed by atoms with Crippen molar-refractivity contribution in [2.45, 2.75) is 38.1 Å². The summed E-state index contributed by atoms with van der Waals surface area (Å²) in [5.41, 5.74) is 3.22. The second kappa shape index (κ2) is 8.31. The highest BCUT2D eigenvalue weighted by Crippen LogP contribution is 2.29. The summed E-state index contributed by atoms with van der Waals surface area (Å²) >= 11 is 3.52. The minimum Gasteiger partial charge on any atom is -0.497 e. The van der Waals surface area contributed by atoms with Crippen LogP contribution in [0.5, 0.6) is 5.75 Å². The van der Waals surface area contributed by atoms with Gasteiger partial charge in [0.05, 0.1) is 23.9 Å². The molecule has 0 bridgehead atoms. The van der Waals surface area contributed by atoms with Crippen LogP contribution in [0.4, 0.5) is 0 Å². The number of pyridine rings is 1. The fraction of sp³-hybridized carbons (Fsp3) is 0.304. The Morgan fingerprint density at radius 2 is 1.82 bits per heavy atom. The van der Waals surface area contributed by atoms with Crippen molar-refractivity contribution >= 4 is 32.7 Å². The second-order valence-corrected chi connectivity index (χ2v) is 8.17. The summed E-state index contributed by atoms with van der Waals surface area (Å²) in [6.07, 6.45) is 5.75. The average molecular weight is 439 g/mol. The number of nitrogens with one attached hydrogen (secondary N) is 1. The van der Waals surface area contributed by atoms with Gasteiger partial charge >= 0.3 is 0 Å². The first kappa shape index (κ1) is 18.9. The summed E-state index contributed by atoms with van der Waals surface area (Å²) in [4.78, 5) is 17.9. The second-order valence-electron chi connectivity index (χ2n) is 7.25. The Kier molecular flexibility index (Phi) is 5.62. The number of ether oxygens (including phenoxy) is 1. The standard InChI is InChI=1S/C23H23BrN2O2/c1-28-18-10-7-15(8-11-18)22-14-20(19-13-16(24)9-12-21(19)26-22)23(27)25-17-5-3-2-4-6-17/h7-14,17H,2-6H2,1H3,(H,25,27). The molecule has 1 aromatic heterocycles. The van der Waals surface area contributed by atoms with Crippen LogP contribution in [0.25, 0.3) is 22.2 Å². The molecule has 0 saturated heterocycles. The predicted molar refractivity (Wildman–Crippen MR) is 116 cm³/mol. The summed E-state index contributed by atoms with van der Waals surface area (Å²) in [6, 6.07) is 15.8. The lowest BCUT2D eigenvalue weighted by Crippen LogP contribution is -2.36. The molecule has 0 radical (unpaired) electrons. The number of fused-ring (bicyclic) bond motifs is 1. The molecule has 1 saturated carbocycles. The van der Waals surface area contributed by atoms with E-state index < -0.39 is 0 Å². The van der Waals surface area contributed by atoms with Gasteiger partial charge in [0.25, 0.3) is 5.91 Å². The number of nitrogens with zero attached hydrogens (tertiary/aromatic N) is 1. The third kappa shape index (κ3) is 4.04. The topological polar surface area (TPSA) is 51.2 Å². The maximum atomic E-state index is 13.1. The van der Waals surface area contributed by atoms with E-state index in [1.54, 1.807) is 7.11 Å². The van der Waals surface area contributed by atoms with Crippen molar-refractivity contribution in [3.63, 3.8) is 0 Å². The highest BCUT2D eigenvalue weighted by atomic mass is 79.9. The molecule has 1 fully saturated rings. The van der Waals surface area contributed by atoms with Gasteiger partial charge in [-0.2, -0.15) is 0 Å². The van der Waals surface area contributed by atoms with Crippen LogP contribution in [-0.2, 0) is 0 Å². The third-order valence-electron chi connectivity index (χ3n) is 5.34. The van der Waals surface area contributed by atoms with Crippen molar-refractivity contribution in [1.82, 2.24) is 10.3 Å². The van der Waals surface area contributed by atoms with Gasteiger partial charge in [0.1, 0.15) is 5.75 Å². The number of amides is 1. The van der Waals surface area contributed by atoms with Crippen molar-refractivity contribution in [2.75, 3.05) is 7.11 Å². The number of benzene rings is 2. The first-order chi connectivity index (χ1) is 13.6. The molecule has 4 nitrogen and oxygen atoms in total. The Morgan fingerprint density at radius 1 is 1.07 bits per heavy atom. The number of carbonyl (C=O) groups excluding carboxylic acids is 1. The van der Waals surface area contributed by atoms with Gasteiger partial charge in [-0.05, 0) is 61.4 Å². The van der Waals surface area contributed by atoms with Crippen LogP contribution in [0, 0.1) is 0 Å². The van der Waals surface area contributed by atoms with Crippen molar-refractivity contribution < 1.29 is 9.53 Å². The van der Waals surface area contributed by atoms with Gasteiger partial charge in [0.15, 0.2) is 0 Å². The van der Waals surface area contributed by atoms with Crippen LogP contribution < -0.4 is 10.1 Å². The maximum absolute atomic E-state index is 13.1. The van der Waals surface area contributed by atoms with E-state index in [4.69, 9.17) is 9.72 Å². The molecule has 0 unspecified atom stereocenters. The molecule has 1 amide bonds. The molecule has 0 atom stereocenters. The zero-order valence-electron chi connectivity index (χ0n) is 15.9. The van der Waals surface area contributed by atoms with Gasteiger partial charge in [-0.3, -0.25) is 4.79 Å².